The predicted octanol–water partition coefficient (Wildman–Crippen LogP) is 0.959. The van der Waals surface area contributed by atoms with Gasteiger partial charge in [-0.1, -0.05) is 0 Å². The van der Waals surface area contributed by atoms with E-state index in [1.807, 2.05) is 4.90 Å². The molecule has 3 fully saturated rings. The fourth-order valence-electron chi connectivity index (χ4n) is 3.06. The third kappa shape index (κ3) is 3.44. The Bertz CT molecular complexity index is 346. The van der Waals surface area contributed by atoms with Gasteiger partial charge in [-0.3, -0.25) is 9.80 Å². The van der Waals surface area contributed by atoms with Crippen LogP contribution in [-0.2, 0) is 0 Å². The first kappa shape index (κ1) is 14.1. The Morgan fingerprint density at radius 3 is 2.40 bits per heavy atom. The number of likely N-dealkylation sites (N-methyl/N-ethyl adjacent to an activating group) is 1. The monoisotopic (exact) mass is 280 g/mol. The summed E-state index contributed by atoms with van der Waals surface area (Å²) in [6.45, 7) is 6.83. The van der Waals surface area contributed by atoms with E-state index in [9.17, 15) is 4.79 Å². The van der Waals surface area contributed by atoms with Crippen molar-refractivity contribution in [1.82, 2.24) is 20.0 Å². The lowest BCUT2D eigenvalue weighted by molar-refractivity contribution is 0.132. The van der Waals surface area contributed by atoms with Crippen LogP contribution in [0.15, 0.2) is 0 Å². The molecule has 1 heterocycles. The summed E-state index contributed by atoms with van der Waals surface area (Å²) in [7, 11) is 2.17. The number of urea groups is 1. The first-order valence-corrected chi connectivity index (χ1v) is 8.14. The smallest absolute Gasteiger partial charge is 0.317 e. The van der Waals surface area contributed by atoms with Crippen molar-refractivity contribution in [3.8, 4) is 0 Å². The average Bonchev–Trinajstić information content (AvgIpc) is 3.34. The van der Waals surface area contributed by atoms with E-state index in [-0.39, 0.29) is 6.03 Å². The molecule has 114 valence electrons. The first-order valence-electron chi connectivity index (χ1n) is 8.14. The molecule has 5 heteroatoms. The van der Waals surface area contributed by atoms with Crippen molar-refractivity contribution in [3.05, 3.63) is 0 Å². The molecule has 3 rings (SSSR count). The number of hydrogen-bond acceptors (Lipinski definition) is 3. The van der Waals surface area contributed by atoms with E-state index in [0.29, 0.717) is 6.04 Å². The summed E-state index contributed by atoms with van der Waals surface area (Å²) in [5.41, 5.74) is 0. The molecular weight excluding hydrogens is 252 g/mol. The van der Waals surface area contributed by atoms with E-state index in [2.05, 4.69) is 29.1 Å². The maximum atomic E-state index is 12.2. The number of rotatable bonds is 5. The fourth-order valence-corrected chi connectivity index (χ4v) is 3.06. The van der Waals surface area contributed by atoms with Crippen LogP contribution in [0.1, 0.15) is 32.6 Å². The predicted molar refractivity (Wildman–Crippen MR) is 79.8 cm³/mol. The largest absolute Gasteiger partial charge is 0.336 e. The van der Waals surface area contributed by atoms with Gasteiger partial charge in [0.1, 0.15) is 0 Å². The van der Waals surface area contributed by atoms with E-state index in [1.54, 1.807) is 0 Å². The van der Waals surface area contributed by atoms with Gasteiger partial charge in [0, 0.05) is 50.8 Å². The lowest BCUT2D eigenvalue weighted by Gasteiger charge is -2.35. The Morgan fingerprint density at radius 1 is 1.20 bits per heavy atom. The third-order valence-electron chi connectivity index (χ3n) is 5.03. The zero-order valence-electron chi connectivity index (χ0n) is 12.8. The van der Waals surface area contributed by atoms with Gasteiger partial charge in [-0.15, -0.1) is 0 Å². The van der Waals surface area contributed by atoms with Gasteiger partial charge in [-0.05, 0) is 39.7 Å². The van der Waals surface area contributed by atoms with Crippen LogP contribution in [0.3, 0.4) is 0 Å². The van der Waals surface area contributed by atoms with Crippen molar-refractivity contribution in [2.24, 2.45) is 0 Å². The topological polar surface area (TPSA) is 38.8 Å². The molecule has 0 aromatic rings. The van der Waals surface area contributed by atoms with Gasteiger partial charge in [0.15, 0.2) is 0 Å². The fraction of sp³-hybridized carbons (Fsp3) is 0.933. The number of amides is 2. The molecule has 0 spiro atoms. The highest BCUT2D eigenvalue weighted by Crippen LogP contribution is 2.27. The SMILES string of the molecule is C[C@H](CNC(=O)N1CCN(C2CC2)CC1)N(C)C1CC1. The van der Waals surface area contributed by atoms with E-state index in [0.717, 1.165) is 44.8 Å². The van der Waals surface area contributed by atoms with Gasteiger partial charge in [-0.2, -0.15) is 0 Å². The van der Waals surface area contributed by atoms with E-state index >= 15 is 0 Å². The Labute approximate surface area is 122 Å². The minimum atomic E-state index is 0.122. The van der Waals surface area contributed by atoms with Crippen molar-refractivity contribution >= 4 is 6.03 Å². The molecule has 5 nitrogen and oxygen atoms in total. The number of hydrogen-bond donors (Lipinski definition) is 1. The second kappa shape index (κ2) is 5.90. The van der Waals surface area contributed by atoms with Gasteiger partial charge in [0.25, 0.3) is 0 Å². The summed E-state index contributed by atoms with van der Waals surface area (Å²) in [6, 6.07) is 2.13. The summed E-state index contributed by atoms with van der Waals surface area (Å²) in [4.78, 5) is 19.1. The first-order chi connectivity index (χ1) is 9.65. The summed E-state index contributed by atoms with van der Waals surface area (Å²) in [6.07, 6.45) is 5.35. The Hall–Kier alpha value is -0.810. The molecular formula is C15H28N4O. The van der Waals surface area contributed by atoms with Crippen molar-refractivity contribution in [2.45, 2.75) is 50.7 Å². The number of carbonyl (C=O) groups is 1. The highest BCUT2D eigenvalue weighted by molar-refractivity contribution is 5.74. The number of nitrogens with zero attached hydrogens (tertiary/aromatic N) is 3. The summed E-state index contributed by atoms with van der Waals surface area (Å²) < 4.78 is 0. The molecule has 1 saturated heterocycles. The molecule has 1 aliphatic heterocycles. The van der Waals surface area contributed by atoms with E-state index < -0.39 is 0 Å². The maximum Gasteiger partial charge on any atom is 0.317 e. The molecule has 0 aromatic carbocycles. The number of carbonyl (C=O) groups excluding carboxylic acids is 1. The second-order valence-electron chi connectivity index (χ2n) is 6.69. The summed E-state index contributed by atoms with van der Waals surface area (Å²) in [5.74, 6) is 0. The van der Waals surface area contributed by atoms with E-state index in [1.165, 1.54) is 25.7 Å². The molecule has 2 aliphatic carbocycles. The summed E-state index contributed by atoms with van der Waals surface area (Å²) >= 11 is 0. The van der Waals surface area contributed by atoms with Crippen molar-refractivity contribution in [1.29, 1.82) is 0 Å². The standard InChI is InChI=1S/C15H28N4O/c1-12(17(2)13-3-4-13)11-16-15(20)19-9-7-18(8-10-19)14-5-6-14/h12-14H,3-11H2,1-2H3,(H,16,20)/t12-/m1/s1. The van der Waals surface area contributed by atoms with Crippen LogP contribution in [0.4, 0.5) is 4.79 Å². The number of piperazine rings is 1. The molecule has 0 radical (unpaired) electrons. The van der Waals surface area contributed by atoms with Crippen LogP contribution in [0.2, 0.25) is 0 Å². The quantitative estimate of drug-likeness (QED) is 0.815. The molecule has 0 unspecified atom stereocenters. The average molecular weight is 280 g/mol. The normalized spacial score (nSPS) is 25.9. The maximum absolute atomic E-state index is 12.2. The van der Waals surface area contributed by atoms with Gasteiger partial charge >= 0.3 is 6.03 Å². The molecule has 0 aromatic heterocycles. The Balaban J connectivity index is 1.36. The molecule has 3 aliphatic rings. The third-order valence-corrected chi connectivity index (χ3v) is 5.03. The van der Waals surface area contributed by atoms with Crippen molar-refractivity contribution in [3.63, 3.8) is 0 Å². The molecule has 1 N–H and O–H groups in total. The van der Waals surface area contributed by atoms with Crippen molar-refractivity contribution in [2.75, 3.05) is 39.8 Å². The molecule has 20 heavy (non-hydrogen) atoms. The molecule has 2 saturated carbocycles. The zero-order valence-corrected chi connectivity index (χ0v) is 12.8. The van der Waals surface area contributed by atoms with Crippen LogP contribution in [0.25, 0.3) is 0 Å². The Kier molecular flexibility index (Phi) is 4.17. The van der Waals surface area contributed by atoms with Crippen LogP contribution < -0.4 is 5.32 Å². The highest BCUT2D eigenvalue weighted by Gasteiger charge is 2.32. The highest BCUT2D eigenvalue weighted by atomic mass is 16.2. The van der Waals surface area contributed by atoms with Gasteiger partial charge in [0.05, 0.1) is 0 Å². The minimum Gasteiger partial charge on any atom is -0.336 e. The summed E-state index contributed by atoms with van der Waals surface area (Å²) in [5, 5.41) is 3.10. The van der Waals surface area contributed by atoms with E-state index in [4.69, 9.17) is 0 Å². The number of nitrogens with one attached hydrogen (secondary N) is 1. The van der Waals surface area contributed by atoms with Crippen LogP contribution in [0.5, 0.6) is 0 Å². The zero-order chi connectivity index (χ0) is 14.1. The van der Waals surface area contributed by atoms with Gasteiger partial charge < -0.3 is 10.2 Å². The molecule has 1 atom stereocenters. The van der Waals surface area contributed by atoms with Gasteiger partial charge in [0.2, 0.25) is 0 Å². The van der Waals surface area contributed by atoms with Crippen molar-refractivity contribution < 1.29 is 4.79 Å². The lowest BCUT2D eigenvalue weighted by Crippen LogP contribution is -2.53. The second-order valence-corrected chi connectivity index (χ2v) is 6.69. The Morgan fingerprint density at radius 2 is 1.85 bits per heavy atom. The van der Waals surface area contributed by atoms with Crippen LogP contribution >= 0.6 is 0 Å². The molecule has 0 bridgehead atoms. The van der Waals surface area contributed by atoms with Crippen LogP contribution in [0, 0.1) is 0 Å². The van der Waals surface area contributed by atoms with Gasteiger partial charge in [-0.25, -0.2) is 4.79 Å². The minimum absolute atomic E-state index is 0.122. The van der Waals surface area contributed by atoms with Crippen LogP contribution in [-0.4, -0.2) is 78.6 Å². The lowest BCUT2D eigenvalue weighted by atomic mass is 10.3. The molecule has 2 amide bonds.